The summed E-state index contributed by atoms with van der Waals surface area (Å²) >= 11 is 1.92. The lowest BCUT2D eigenvalue weighted by molar-refractivity contribution is 0.356. The summed E-state index contributed by atoms with van der Waals surface area (Å²) in [7, 11) is 0. The van der Waals surface area contributed by atoms with Crippen LogP contribution < -0.4 is 0 Å². The van der Waals surface area contributed by atoms with Crippen LogP contribution in [0.25, 0.3) is 0 Å². The van der Waals surface area contributed by atoms with E-state index in [2.05, 4.69) is 24.4 Å². The molecule has 0 aromatic rings. The lowest BCUT2D eigenvalue weighted by Crippen LogP contribution is -2.27. The molecule has 0 aliphatic carbocycles. The maximum Gasteiger partial charge on any atom is 0.0205 e. The minimum absolute atomic E-state index is 0.807. The highest BCUT2D eigenvalue weighted by molar-refractivity contribution is 7.96. The molecule has 1 aliphatic rings. The molecule has 11 heavy (non-hydrogen) atoms. The molecule has 0 radical (unpaired) electrons. The first-order valence-corrected chi connectivity index (χ1v) is 5.80. The van der Waals surface area contributed by atoms with Crippen LogP contribution >= 0.6 is 11.9 Å². The smallest absolute Gasteiger partial charge is 0.0205 e. The van der Waals surface area contributed by atoms with Gasteiger partial charge in [0.2, 0.25) is 0 Å². The van der Waals surface area contributed by atoms with Gasteiger partial charge in [-0.3, -0.25) is 0 Å². The molecule has 1 aliphatic heterocycles. The van der Waals surface area contributed by atoms with Crippen LogP contribution in [0, 0.1) is 0 Å². The second-order valence-corrected chi connectivity index (χ2v) is 4.20. The van der Waals surface area contributed by atoms with Crippen molar-refractivity contribution >= 4 is 11.9 Å². The van der Waals surface area contributed by atoms with Crippen molar-refractivity contribution in [3.05, 3.63) is 0 Å². The van der Waals surface area contributed by atoms with Gasteiger partial charge in [-0.15, -0.1) is 0 Å². The molecule has 0 aromatic carbocycles. The molecule has 1 heterocycles. The second-order valence-electron chi connectivity index (χ2n) is 3.41. The molecule has 1 rings (SSSR count). The first-order chi connectivity index (χ1) is 5.29. The van der Waals surface area contributed by atoms with Gasteiger partial charge >= 0.3 is 0 Å². The second kappa shape index (κ2) is 4.36. The van der Waals surface area contributed by atoms with Crippen LogP contribution in [-0.2, 0) is 0 Å². The fraction of sp³-hybridized carbons (Fsp3) is 1.00. The monoisotopic (exact) mass is 173 g/mol. The molecule has 0 aromatic heterocycles. The summed E-state index contributed by atoms with van der Waals surface area (Å²) in [5.41, 5.74) is 0. The van der Waals surface area contributed by atoms with Crippen molar-refractivity contribution in [3.8, 4) is 0 Å². The zero-order chi connectivity index (χ0) is 8.27. The Bertz CT molecular complexity index is 114. The van der Waals surface area contributed by atoms with Crippen molar-refractivity contribution in [1.29, 1.82) is 0 Å². The topological polar surface area (TPSA) is 3.24 Å². The van der Waals surface area contributed by atoms with Gasteiger partial charge in [0.15, 0.2) is 0 Å². The van der Waals surface area contributed by atoms with E-state index >= 15 is 0 Å². The van der Waals surface area contributed by atoms with Crippen LogP contribution in [0.1, 0.15) is 39.5 Å². The minimum atomic E-state index is 0.807. The first kappa shape index (κ1) is 9.40. The molecular formula is C9H19NS. The van der Waals surface area contributed by atoms with E-state index in [4.69, 9.17) is 0 Å². The molecule has 2 atom stereocenters. The standard InChI is InChI=1S/C9H19NS/c1-4-5-9-7-6-8(2)10(9)11-3/h8-9H,4-7H2,1-3H3. The molecule has 0 bridgehead atoms. The minimum Gasteiger partial charge on any atom is -0.245 e. The molecule has 0 amide bonds. The van der Waals surface area contributed by atoms with Gasteiger partial charge in [0.05, 0.1) is 0 Å². The van der Waals surface area contributed by atoms with Crippen molar-refractivity contribution in [2.45, 2.75) is 51.6 Å². The van der Waals surface area contributed by atoms with Crippen LogP contribution in [0.4, 0.5) is 0 Å². The van der Waals surface area contributed by atoms with E-state index in [1.807, 2.05) is 11.9 Å². The van der Waals surface area contributed by atoms with Gasteiger partial charge < -0.3 is 0 Å². The largest absolute Gasteiger partial charge is 0.245 e. The van der Waals surface area contributed by atoms with Crippen LogP contribution in [0.5, 0.6) is 0 Å². The van der Waals surface area contributed by atoms with Crippen LogP contribution in [0.15, 0.2) is 0 Å². The summed E-state index contributed by atoms with van der Waals surface area (Å²) < 4.78 is 2.57. The van der Waals surface area contributed by atoms with Gasteiger partial charge in [-0.2, -0.15) is 0 Å². The van der Waals surface area contributed by atoms with Gasteiger partial charge in [-0.1, -0.05) is 25.3 Å². The maximum absolute atomic E-state index is 2.57. The predicted molar refractivity (Wildman–Crippen MR) is 52.7 cm³/mol. The van der Waals surface area contributed by atoms with Crippen LogP contribution in [-0.4, -0.2) is 22.6 Å². The summed E-state index contributed by atoms with van der Waals surface area (Å²) in [6, 6.07) is 1.67. The van der Waals surface area contributed by atoms with Gasteiger partial charge in [0.1, 0.15) is 0 Å². The fourth-order valence-electron chi connectivity index (χ4n) is 1.98. The van der Waals surface area contributed by atoms with Crippen molar-refractivity contribution in [2.75, 3.05) is 6.26 Å². The van der Waals surface area contributed by atoms with Gasteiger partial charge in [-0.05, 0) is 32.4 Å². The Hall–Kier alpha value is 0.310. The Morgan fingerprint density at radius 2 is 2.18 bits per heavy atom. The molecule has 2 unspecified atom stereocenters. The third kappa shape index (κ3) is 2.12. The summed E-state index contributed by atoms with van der Waals surface area (Å²) in [5, 5.41) is 0. The van der Waals surface area contributed by atoms with Crippen LogP contribution in [0.3, 0.4) is 0 Å². The highest BCUT2D eigenvalue weighted by atomic mass is 32.2. The summed E-state index contributed by atoms with van der Waals surface area (Å²) in [4.78, 5) is 0. The SMILES string of the molecule is CCCC1CCC(C)N1SC. The molecule has 0 saturated carbocycles. The number of hydrogen-bond acceptors (Lipinski definition) is 2. The molecule has 66 valence electrons. The highest BCUT2D eigenvalue weighted by Gasteiger charge is 2.28. The highest BCUT2D eigenvalue weighted by Crippen LogP contribution is 2.31. The van der Waals surface area contributed by atoms with E-state index in [0.717, 1.165) is 12.1 Å². The molecule has 1 saturated heterocycles. The fourth-order valence-corrected chi connectivity index (χ4v) is 2.96. The zero-order valence-corrected chi connectivity index (χ0v) is 8.66. The van der Waals surface area contributed by atoms with E-state index in [-0.39, 0.29) is 0 Å². The van der Waals surface area contributed by atoms with E-state index < -0.39 is 0 Å². The van der Waals surface area contributed by atoms with E-state index in [0.29, 0.717) is 0 Å². The zero-order valence-electron chi connectivity index (χ0n) is 7.84. The van der Waals surface area contributed by atoms with E-state index in [9.17, 15) is 0 Å². The van der Waals surface area contributed by atoms with Gasteiger partial charge in [0, 0.05) is 12.1 Å². The summed E-state index contributed by atoms with van der Waals surface area (Å²) in [6.45, 7) is 4.62. The third-order valence-electron chi connectivity index (χ3n) is 2.54. The lowest BCUT2D eigenvalue weighted by Gasteiger charge is -2.24. The van der Waals surface area contributed by atoms with Crippen molar-refractivity contribution in [1.82, 2.24) is 4.31 Å². The third-order valence-corrected chi connectivity index (χ3v) is 3.62. The molecular weight excluding hydrogens is 154 g/mol. The van der Waals surface area contributed by atoms with E-state index in [1.54, 1.807) is 0 Å². The Labute approximate surface area is 74.7 Å². The molecule has 1 fully saturated rings. The van der Waals surface area contributed by atoms with Gasteiger partial charge in [-0.25, -0.2) is 4.31 Å². The number of nitrogens with zero attached hydrogens (tertiary/aromatic N) is 1. The molecule has 0 spiro atoms. The van der Waals surface area contributed by atoms with Crippen molar-refractivity contribution < 1.29 is 0 Å². The summed E-state index contributed by atoms with van der Waals surface area (Å²) in [5.74, 6) is 0. The van der Waals surface area contributed by atoms with Gasteiger partial charge in [0.25, 0.3) is 0 Å². The van der Waals surface area contributed by atoms with E-state index in [1.165, 1.54) is 25.7 Å². The van der Waals surface area contributed by atoms with Crippen molar-refractivity contribution in [3.63, 3.8) is 0 Å². The molecule has 0 N–H and O–H groups in total. The lowest BCUT2D eigenvalue weighted by atomic mass is 10.1. The summed E-state index contributed by atoms with van der Waals surface area (Å²) in [6.07, 6.45) is 7.71. The normalized spacial score (nSPS) is 33.0. The Morgan fingerprint density at radius 3 is 2.73 bits per heavy atom. The first-order valence-electron chi connectivity index (χ1n) is 4.62. The maximum atomic E-state index is 2.57. The quantitative estimate of drug-likeness (QED) is 0.604. The Kier molecular flexibility index (Phi) is 3.73. The molecule has 2 heteroatoms. The Balaban J connectivity index is 2.40. The average Bonchev–Trinajstić information content (AvgIpc) is 2.33. The number of rotatable bonds is 3. The average molecular weight is 173 g/mol. The molecule has 1 nitrogen and oxygen atoms in total. The Morgan fingerprint density at radius 1 is 1.45 bits per heavy atom. The van der Waals surface area contributed by atoms with Crippen molar-refractivity contribution in [2.24, 2.45) is 0 Å². The predicted octanol–water partition coefficient (Wildman–Crippen LogP) is 2.92. The van der Waals surface area contributed by atoms with Crippen LogP contribution in [0.2, 0.25) is 0 Å². The number of hydrogen-bond donors (Lipinski definition) is 0.